The molecule has 1 atom stereocenters. The second-order valence-electron chi connectivity index (χ2n) is 6.99. The highest BCUT2D eigenvalue weighted by atomic mass is 16.5. The van der Waals surface area contributed by atoms with Crippen molar-refractivity contribution in [3.05, 3.63) is 65.9 Å². The summed E-state index contributed by atoms with van der Waals surface area (Å²) in [5.74, 6) is 1.05. The van der Waals surface area contributed by atoms with Gasteiger partial charge in [0.2, 0.25) is 5.91 Å². The smallest absolute Gasteiger partial charge is 0.240 e. The van der Waals surface area contributed by atoms with Gasteiger partial charge in [-0.1, -0.05) is 30.3 Å². The Kier molecular flexibility index (Phi) is 5.12. The molecule has 1 fully saturated rings. The zero-order chi connectivity index (χ0) is 18.6. The molecule has 3 aromatic rings. The van der Waals surface area contributed by atoms with E-state index in [4.69, 9.17) is 4.74 Å². The van der Waals surface area contributed by atoms with E-state index in [2.05, 4.69) is 34.6 Å². The van der Waals surface area contributed by atoms with Crippen molar-refractivity contribution in [2.24, 2.45) is 0 Å². The van der Waals surface area contributed by atoms with Gasteiger partial charge >= 0.3 is 0 Å². The lowest BCUT2D eigenvalue weighted by molar-refractivity contribution is -0.135. The molecule has 27 heavy (non-hydrogen) atoms. The van der Waals surface area contributed by atoms with Gasteiger partial charge in [0.15, 0.2) is 0 Å². The van der Waals surface area contributed by atoms with Gasteiger partial charge in [-0.2, -0.15) is 0 Å². The summed E-state index contributed by atoms with van der Waals surface area (Å²) in [5.41, 5.74) is 3.52. The molecule has 2 aromatic carbocycles. The highest BCUT2D eigenvalue weighted by molar-refractivity contribution is 5.86. The Labute approximate surface area is 159 Å². The van der Waals surface area contributed by atoms with Crippen molar-refractivity contribution in [1.82, 2.24) is 15.2 Å². The van der Waals surface area contributed by atoms with E-state index in [1.54, 1.807) is 7.11 Å². The zero-order valence-corrected chi connectivity index (χ0v) is 15.6. The lowest BCUT2D eigenvalue weighted by Gasteiger charge is -2.33. The second-order valence-corrected chi connectivity index (χ2v) is 6.99. The Balaban J connectivity index is 1.39. The Hall–Kier alpha value is -2.79. The van der Waals surface area contributed by atoms with Gasteiger partial charge in [-0.25, -0.2) is 0 Å². The molecule has 4 rings (SSSR count). The number of amides is 1. The largest absolute Gasteiger partial charge is 0.497 e. The summed E-state index contributed by atoms with van der Waals surface area (Å²) in [6.07, 6.45) is 3.59. The maximum atomic E-state index is 12.9. The molecule has 1 saturated heterocycles. The Morgan fingerprint density at radius 1 is 1.15 bits per heavy atom. The summed E-state index contributed by atoms with van der Waals surface area (Å²) in [6, 6.07) is 16.1. The molecule has 1 amide bonds. The highest BCUT2D eigenvalue weighted by Crippen LogP contribution is 2.20. The molecule has 0 aliphatic carbocycles. The fourth-order valence-corrected chi connectivity index (χ4v) is 3.75. The number of rotatable bonds is 6. The van der Waals surface area contributed by atoms with Gasteiger partial charge in [0, 0.05) is 36.7 Å². The van der Waals surface area contributed by atoms with Crippen LogP contribution in [-0.4, -0.2) is 48.6 Å². The molecule has 2 heterocycles. The Bertz CT molecular complexity index is 917. The summed E-state index contributed by atoms with van der Waals surface area (Å²) in [7, 11) is 1.67. The number of ether oxygens (including phenoxy) is 1. The van der Waals surface area contributed by atoms with Gasteiger partial charge in [0.25, 0.3) is 0 Å². The number of fused-ring (bicyclic) bond motifs is 1. The van der Waals surface area contributed by atoms with E-state index >= 15 is 0 Å². The van der Waals surface area contributed by atoms with Gasteiger partial charge in [0.05, 0.1) is 13.2 Å². The van der Waals surface area contributed by atoms with Crippen molar-refractivity contribution in [2.75, 3.05) is 26.7 Å². The number of carbonyl (C=O) groups excluding carboxylic acids is 1. The van der Waals surface area contributed by atoms with E-state index < -0.39 is 0 Å². The molecule has 0 unspecified atom stereocenters. The lowest BCUT2D eigenvalue weighted by atomic mass is 10.0. The van der Waals surface area contributed by atoms with Crippen molar-refractivity contribution in [2.45, 2.75) is 18.9 Å². The van der Waals surface area contributed by atoms with Gasteiger partial charge in [0.1, 0.15) is 5.75 Å². The minimum absolute atomic E-state index is 0.158. The maximum absolute atomic E-state index is 12.9. The van der Waals surface area contributed by atoms with Gasteiger partial charge in [-0.15, -0.1) is 0 Å². The number of nitrogens with zero attached hydrogens (tertiary/aromatic N) is 1. The van der Waals surface area contributed by atoms with Crippen LogP contribution >= 0.6 is 0 Å². The monoisotopic (exact) mass is 363 g/mol. The summed E-state index contributed by atoms with van der Waals surface area (Å²) in [5, 5.41) is 4.59. The Morgan fingerprint density at radius 3 is 2.78 bits per heavy atom. The summed E-state index contributed by atoms with van der Waals surface area (Å²) in [6.45, 7) is 2.35. The number of nitrogens with one attached hydrogen (secondary N) is 2. The maximum Gasteiger partial charge on any atom is 0.240 e. The van der Waals surface area contributed by atoms with E-state index in [0.717, 1.165) is 37.3 Å². The first-order chi connectivity index (χ1) is 13.2. The number of benzene rings is 2. The van der Waals surface area contributed by atoms with Gasteiger partial charge < -0.3 is 19.9 Å². The lowest BCUT2D eigenvalue weighted by Crippen LogP contribution is -2.56. The summed E-state index contributed by atoms with van der Waals surface area (Å²) in [4.78, 5) is 18.2. The minimum Gasteiger partial charge on any atom is -0.497 e. The Morgan fingerprint density at radius 2 is 1.96 bits per heavy atom. The van der Waals surface area contributed by atoms with Crippen LogP contribution in [0.5, 0.6) is 5.75 Å². The normalized spacial score (nSPS) is 17.4. The van der Waals surface area contributed by atoms with Crippen LogP contribution in [0, 0.1) is 0 Å². The third-order valence-corrected chi connectivity index (χ3v) is 5.31. The topological polar surface area (TPSA) is 57.4 Å². The van der Waals surface area contributed by atoms with Crippen molar-refractivity contribution >= 4 is 16.8 Å². The van der Waals surface area contributed by atoms with Gasteiger partial charge in [-0.05, 0) is 42.2 Å². The van der Waals surface area contributed by atoms with Crippen molar-refractivity contribution in [1.29, 1.82) is 0 Å². The first kappa shape index (κ1) is 17.6. The number of piperazine rings is 1. The molecular formula is C22H25N3O2. The standard InChI is InChI=1S/C22H25N3O2/c1-27-18-8-6-16(7-9-18)10-12-25-13-11-23-21(22(25)26)14-17-15-24-20-5-3-2-4-19(17)20/h2-9,15,21,23-24H,10-14H2,1H3/t21-/m1/s1. The molecule has 0 spiro atoms. The highest BCUT2D eigenvalue weighted by Gasteiger charge is 2.28. The quantitative estimate of drug-likeness (QED) is 0.708. The van der Waals surface area contributed by atoms with Crippen LogP contribution in [0.15, 0.2) is 54.7 Å². The van der Waals surface area contributed by atoms with Crippen LogP contribution in [-0.2, 0) is 17.6 Å². The fourth-order valence-electron chi connectivity index (χ4n) is 3.75. The van der Waals surface area contributed by atoms with Crippen LogP contribution in [0.4, 0.5) is 0 Å². The number of para-hydroxylation sites is 1. The van der Waals surface area contributed by atoms with Crippen molar-refractivity contribution < 1.29 is 9.53 Å². The van der Waals surface area contributed by atoms with Gasteiger partial charge in [-0.3, -0.25) is 4.79 Å². The van der Waals surface area contributed by atoms with E-state index in [0.29, 0.717) is 6.42 Å². The number of hydrogen-bond donors (Lipinski definition) is 2. The molecule has 5 nitrogen and oxygen atoms in total. The number of carbonyl (C=O) groups is 1. The van der Waals surface area contributed by atoms with Crippen molar-refractivity contribution in [3.63, 3.8) is 0 Å². The molecule has 5 heteroatoms. The molecule has 1 aliphatic heterocycles. The number of hydrogen-bond acceptors (Lipinski definition) is 3. The van der Waals surface area contributed by atoms with Crippen molar-refractivity contribution in [3.8, 4) is 5.75 Å². The molecule has 0 saturated carbocycles. The molecule has 0 bridgehead atoms. The third kappa shape index (κ3) is 3.83. The van der Waals surface area contributed by atoms with E-state index in [1.165, 1.54) is 16.5 Å². The first-order valence-electron chi connectivity index (χ1n) is 9.44. The average Bonchev–Trinajstić information content (AvgIpc) is 3.12. The number of methoxy groups -OCH3 is 1. The number of aromatic amines is 1. The fraction of sp³-hybridized carbons (Fsp3) is 0.318. The van der Waals surface area contributed by atoms with Crippen LogP contribution in [0.25, 0.3) is 10.9 Å². The zero-order valence-electron chi connectivity index (χ0n) is 15.6. The van der Waals surface area contributed by atoms with Crippen LogP contribution < -0.4 is 10.1 Å². The predicted molar refractivity (Wildman–Crippen MR) is 107 cm³/mol. The van der Waals surface area contributed by atoms with E-state index in [9.17, 15) is 4.79 Å². The minimum atomic E-state index is -0.158. The second kappa shape index (κ2) is 7.84. The molecule has 1 aliphatic rings. The average molecular weight is 363 g/mol. The molecule has 140 valence electrons. The third-order valence-electron chi connectivity index (χ3n) is 5.31. The first-order valence-corrected chi connectivity index (χ1v) is 9.44. The number of H-pyrrole nitrogens is 1. The van der Waals surface area contributed by atoms with E-state index in [1.807, 2.05) is 35.4 Å². The summed E-state index contributed by atoms with van der Waals surface area (Å²) < 4.78 is 5.20. The molecule has 1 aromatic heterocycles. The summed E-state index contributed by atoms with van der Waals surface area (Å²) >= 11 is 0. The SMILES string of the molecule is COc1ccc(CCN2CCN[C@H](Cc3c[nH]c4ccccc34)C2=O)cc1. The molecular weight excluding hydrogens is 338 g/mol. The molecule has 0 radical (unpaired) electrons. The van der Waals surface area contributed by atoms with Crippen LogP contribution in [0.1, 0.15) is 11.1 Å². The van der Waals surface area contributed by atoms with Crippen LogP contribution in [0.3, 0.4) is 0 Å². The van der Waals surface area contributed by atoms with E-state index in [-0.39, 0.29) is 11.9 Å². The predicted octanol–water partition coefficient (Wildman–Crippen LogP) is 2.76. The van der Waals surface area contributed by atoms with Crippen LogP contribution in [0.2, 0.25) is 0 Å². The molecule has 2 N–H and O–H groups in total. The number of aromatic nitrogens is 1.